The summed E-state index contributed by atoms with van der Waals surface area (Å²) >= 11 is 9.42. The summed E-state index contributed by atoms with van der Waals surface area (Å²) in [6.07, 6.45) is 1.45. The van der Waals surface area contributed by atoms with Crippen LogP contribution >= 0.6 is 27.5 Å². The Bertz CT molecular complexity index is 1440. The molecule has 0 bridgehead atoms. The van der Waals surface area contributed by atoms with E-state index in [0.29, 0.717) is 37.5 Å². The number of fused-ring (bicyclic) bond motifs is 1. The van der Waals surface area contributed by atoms with E-state index in [1.165, 1.54) is 25.5 Å². The molecule has 0 fully saturated rings. The van der Waals surface area contributed by atoms with Crippen LogP contribution in [0.25, 0.3) is 11.0 Å². The summed E-state index contributed by atoms with van der Waals surface area (Å²) < 4.78 is 17.4. The highest BCUT2D eigenvalue weighted by Crippen LogP contribution is 2.33. The third-order valence-corrected chi connectivity index (χ3v) is 5.82. The number of nitro groups is 1. The minimum atomic E-state index is -0.514. The van der Waals surface area contributed by atoms with Crippen LogP contribution in [0.1, 0.15) is 21.7 Å². The molecule has 0 aliphatic carbocycles. The van der Waals surface area contributed by atoms with Crippen LogP contribution in [0.15, 0.2) is 74.7 Å². The second-order valence-electron chi connectivity index (χ2n) is 7.23. The summed E-state index contributed by atoms with van der Waals surface area (Å²) in [5, 5.41) is 16.0. The van der Waals surface area contributed by atoms with Gasteiger partial charge in [-0.05, 0) is 70.0 Å². The molecule has 0 aliphatic heterocycles. The Morgan fingerprint density at radius 2 is 1.94 bits per heavy atom. The number of amides is 1. The van der Waals surface area contributed by atoms with Crippen molar-refractivity contribution in [1.29, 1.82) is 0 Å². The van der Waals surface area contributed by atoms with E-state index in [0.717, 1.165) is 5.56 Å². The Balaban J connectivity index is 1.43. The topological polar surface area (TPSA) is 116 Å². The Morgan fingerprint density at radius 3 is 2.66 bits per heavy atom. The van der Waals surface area contributed by atoms with Gasteiger partial charge in [-0.1, -0.05) is 11.6 Å². The van der Waals surface area contributed by atoms with Crippen LogP contribution in [-0.4, -0.2) is 24.2 Å². The molecule has 3 aromatic carbocycles. The molecule has 1 N–H and O–H groups in total. The molecule has 35 heavy (non-hydrogen) atoms. The highest BCUT2D eigenvalue weighted by atomic mass is 79.9. The summed E-state index contributed by atoms with van der Waals surface area (Å²) in [7, 11) is 1.50. The maximum Gasteiger partial charge on any atom is 0.307 e. The van der Waals surface area contributed by atoms with Crippen LogP contribution in [0.2, 0.25) is 5.02 Å². The average Bonchev–Trinajstić information content (AvgIpc) is 3.27. The van der Waals surface area contributed by atoms with Gasteiger partial charge in [0.15, 0.2) is 17.3 Å². The summed E-state index contributed by atoms with van der Waals surface area (Å²) in [5.41, 5.74) is 4.36. The molecule has 0 saturated heterocycles. The van der Waals surface area contributed by atoms with Gasteiger partial charge in [-0.25, -0.2) is 5.43 Å². The van der Waals surface area contributed by atoms with Crippen molar-refractivity contribution in [1.82, 2.24) is 5.43 Å². The summed E-state index contributed by atoms with van der Waals surface area (Å²) in [6, 6.07) is 16.1. The first-order valence-corrected chi connectivity index (χ1v) is 11.3. The van der Waals surface area contributed by atoms with Gasteiger partial charge in [-0.2, -0.15) is 5.10 Å². The first-order chi connectivity index (χ1) is 16.8. The summed E-state index contributed by atoms with van der Waals surface area (Å²) in [5.74, 6) is 0.489. The SMILES string of the molecule is COc1cc(/C=N/NC(=O)c2cc3cc(Cl)ccc3o2)c(Br)cc1OCc1ccc([N+](=O)[O-])cc1. The Labute approximate surface area is 212 Å². The van der Waals surface area contributed by atoms with Gasteiger partial charge in [0.25, 0.3) is 5.69 Å². The molecular formula is C24H17BrClN3O6. The van der Waals surface area contributed by atoms with Crippen molar-refractivity contribution in [2.75, 3.05) is 7.11 Å². The van der Waals surface area contributed by atoms with Gasteiger partial charge in [0, 0.05) is 32.6 Å². The molecule has 0 spiro atoms. The van der Waals surface area contributed by atoms with Gasteiger partial charge in [-0.3, -0.25) is 14.9 Å². The van der Waals surface area contributed by atoms with Crippen molar-refractivity contribution < 1.29 is 23.6 Å². The molecule has 1 heterocycles. The third kappa shape index (κ3) is 5.79. The number of furan rings is 1. The van der Waals surface area contributed by atoms with Crippen molar-refractivity contribution in [3.8, 4) is 11.5 Å². The second-order valence-corrected chi connectivity index (χ2v) is 8.52. The lowest BCUT2D eigenvalue weighted by Crippen LogP contribution is -2.16. The molecule has 0 radical (unpaired) electrons. The van der Waals surface area contributed by atoms with Crippen LogP contribution in [0.3, 0.4) is 0 Å². The molecule has 1 aromatic heterocycles. The van der Waals surface area contributed by atoms with Gasteiger partial charge in [0.2, 0.25) is 0 Å². The number of benzene rings is 3. The fraction of sp³-hybridized carbons (Fsp3) is 0.0833. The molecule has 178 valence electrons. The number of carbonyl (C=O) groups is 1. The number of nitrogens with zero attached hydrogens (tertiary/aromatic N) is 2. The van der Waals surface area contributed by atoms with E-state index in [4.69, 9.17) is 25.5 Å². The quantitative estimate of drug-likeness (QED) is 0.158. The molecule has 0 aliphatic rings. The minimum absolute atomic E-state index is 0.00882. The molecular weight excluding hydrogens is 542 g/mol. The highest BCUT2D eigenvalue weighted by molar-refractivity contribution is 9.10. The lowest BCUT2D eigenvalue weighted by Gasteiger charge is -2.12. The van der Waals surface area contributed by atoms with Gasteiger partial charge in [0.05, 0.1) is 18.2 Å². The van der Waals surface area contributed by atoms with E-state index in [1.54, 1.807) is 48.5 Å². The number of halogens is 2. The van der Waals surface area contributed by atoms with Gasteiger partial charge < -0.3 is 13.9 Å². The maximum atomic E-state index is 12.4. The van der Waals surface area contributed by atoms with Crippen molar-refractivity contribution in [2.45, 2.75) is 6.61 Å². The zero-order chi connectivity index (χ0) is 24.9. The fourth-order valence-corrected chi connectivity index (χ4v) is 3.74. The van der Waals surface area contributed by atoms with Crippen molar-refractivity contribution >= 4 is 56.3 Å². The van der Waals surface area contributed by atoms with E-state index < -0.39 is 10.8 Å². The van der Waals surface area contributed by atoms with Gasteiger partial charge in [0.1, 0.15) is 12.2 Å². The number of carbonyl (C=O) groups excluding carboxylic acids is 1. The number of methoxy groups -OCH3 is 1. The van der Waals surface area contributed by atoms with Crippen LogP contribution in [0.5, 0.6) is 11.5 Å². The van der Waals surface area contributed by atoms with E-state index >= 15 is 0 Å². The standard InChI is InChI=1S/C24H17BrClN3O6/c1-33-21-10-16(12-27-28-24(30)23-9-15-8-17(26)4-7-20(15)35-23)19(25)11-22(21)34-13-14-2-5-18(6-3-14)29(31)32/h2-12H,13H2,1H3,(H,28,30)/b27-12+. The number of nitrogens with one attached hydrogen (secondary N) is 1. The van der Waals surface area contributed by atoms with Crippen molar-refractivity contribution in [3.05, 3.63) is 97.2 Å². The minimum Gasteiger partial charge on any atom is -0.493 e. The molecule has 1 amide bonds. The molecule has 11 heteroatoms. The molecule has 4 rings (SSSR count). The predicted molar refractivity (Wildman–Crippen MR) is 134 cm³/mol. The zero-order valence-corrected chi connectivity index (χ0v) is 20.5. The largest absolute Gasteiger partial charge is 0.493 e. The summed E-state index contributed by atoms with van der Waals surface area (Å²) in [6.45, 7) is 0.188. The third-order valence-electron chi connectivity index (χ3n) is 4.90. The van der Waals surface area contributed by atoms with E-state index in [9.17, 15) is 14.9 Å². The number of ether oxygens (including phenoxy) is 2. The molecule has 9 nitrogen and oxygen atoms in total. The van der Waals surface area contributed by atoms with Crippen molar-refractivity contribution in [2.24, 2.45) is 5.10 Å². The highest BCUT2D eigenvalue weighted by Gasteiger charge is 2.13. The monoisotopic (exact) mass is 557 g/mol. The van der Waals surface area contributed by atoms with E-state index in [2.05, 4.69) is 26.5 Å². The number of rotatable bonds is 8. The molecule has 0 atom stereocenters. The normalized spacial score (nSPS) is 11.1. The van der Waals surface area contributed by atoms with Crippen LogP contribution < -0.4 is 14.9 Å². The maximum absolute atomic E-state index is 12.4. The predicted octanol–water partition coefficient (Wildman–Crippen LogP) is 6.11. The first-order valence-electron chi connectivity index (χ1n) is 10.1. The number of non-ortho nitro benzene ring substituents is 1. The van der Waals surface area contributed by atoms with E-state index in [-0.39, 0.29) is 18.1 Å². The van der Waals surface area contributed by atoms with Gasteiger partial charge in [-0.15, -0.1) is 0 Å². The molecule has 0 unspecified atom stereocenters. The lowest BCUT2D eigenvalue weighted by molar-refractivity contribution is -0.384. The van der Waals surface area contributed by atoms with Crippen LogP contribution in [-0.2, 0) is 6.61 Å². The van der Waals surface area contributed by atoms with Crippen molar-refractivity contribution in [3.63, 3.8) is 0 Å². The molecule has 0 saturated carbocycles. The lowest BCUT2D eigenvalue weighted by atomic mass is 10.2. The molecule has 4 aromatic rings. The van der Waals surface area contributed by atoms with E-state index in [1.807, 2.05) is 0 Å². The van der Waals surface area contributed by atoms with Crippen LogP contribution in [0, 0.1) is 10.1 Å². The number of hydrogen-bond acceptors (Lipinski definition) is 7. The summed E-state index contributed by atoms with van der Waals surface area (Å²) in [4.78, 5) is 22.7. The van der Waals surface area contributed by atoms with Gasteiger partial charge >= 0.3 is 5.91 Å². The number of hydrazone groups is 1. The Morgan fingerprint density at radius 1 is 1.17 bits per heavy atom. The first kappa shape index (κ1) is 24.2. The fourth-order valence-electron chi connectivity index (χ4n) is 3.14. The zero-order valence-electron chi connectivity index (χ0n) is 18.2. The van der Waals surface area contributed by atoms with Crippen LogP contribution in [0.4, 0.5) is 5.69 Å². The Hall–Kier alpha value is -3.89. The second kappa shape index (κ2) is 10.6. The average molecular weight is 559 g/mol. The number of nitro benzene ring substituents is 1. The smallest absolute Gasteiger partial charge is 0.307 e. The Kier molecular flexibility index (Phi) is 7.33. The number of hydrogen-bond donors (Lipinski definition) is 1.